The van der Waals surface area contributed by atoms with Gasteiger partial charge in [-0.2, -0.15) is 4.98 Å². The third-order valence-corrected chi connectivity index (χ3v) is 2.19. The Kier molecular flexibility index (Phi) is 4.31. The lowest BCUT2D eigenvalue weighted by Gasteiger charge is -1.84. The highest BCUT2D eigenvalue weighted by atomic mass is 79.9. The summed E-state index contributed by atoms with van der Waals surface area (Å²) in [6.07, 6.45) is 2.43. The van der Waals surface area contributed by atoms with E-state index in [1.807, 2.05) is 6.07 Å². The van der Waals surface area contributed by atoms with Crippen LogP contribution in [0.4, 0.5) is 0 Å². The Morgan fingerprint density at radius 3 is 2.93 bits per heavy atom. The number of rotatable bonds is 3. The first-order valence-corrected chi connectivity index (χ1v) is 4.96. The van der Waals surface area contributed by atoms with Crippen molar-refractivity contribution in [3.05, 3.63) is 22.7 Å². The van der Waals surface area contributed by atoms with Crippen molar-refractivity contribution in [2.24, 2.45) is 5.73 Å². The molecule has 0 aliphatic rings. The summed E-state index contributed by atoms with van der Waals surface area (Å²) >= 11 is 3.30. The Balaban J connectivity index is 0.00000112. The summed E-state index contributed by atoms with van der Waals surface area (Å²) in [5.74, 6) is 1.15. The molecular formula is C8H10BrClN4O. The highest BCUT2D eigenvalue weighted by molar-refractivity contribution is 9.10. The molecule has 0 fully saturated rings. The fourth-order valence-corrected chi connectivity index (χ4v) is 1.45. The zero-order chi connectivity index (χ0) is 9.97. The van der Waals surface area contributed by atoms with E-state index in [1.54, 1.807) is 6.20 Å². The number of nitrogens with zero attached hydrogens (tertiary/aromatic N) is 2. The van der Waals surface area contributed by atoms with Gasteiger partial charge in [-0.25, -0.2) is 0 Å². The van der Waals surface area contributed by atoms with Crippen molar-refractivity contribution in [3.8, 4) is 11.5 Å². The first-order valence-electron chi connectivity index (χ1n) is 4.16. The van der Waals surface area contributed by atoms with Gasteiger partial charge in [-0.3, -0.25) is 0 Å². The molecule has 5 nitrogen and oxygen atoms in total. The van der Waals surface area contributed by atoms with Crippen LogP contribution in [0.2, 0.25) is 0 Å². The third kappa shape index (κ3) is 2.80. The lowest BCUT2D eigenvalue weighted by Crippen LogP contribution is -2.03. The van der Waals surface area contributed by atoms with Gasteiger partial charge < -0.3 is 15.2 Å². The van der Waals surface area contributed by atoms with Gasteiger partial charge in [0.05, 0.1) is 10.2 Å². The van der Waals surface area contributed by atoms with Crippen LogP contribution < -0.4 is 5.73 Å². The van der Waals surface area contributed by atoms with Crippen molar-refractivity contribution < 1.29 is 4.52 Å². The lowest BCUT2D eigenvalue weighted by atomic mass is 10.3. The molecule has 0 aliphatic carbocycles. The number of aromatic amines is 1. The zero-order valence-corrected chi connectivity index (χ0v) is 10.1. The van der Waals surface area contributed by atoms with E-state index in [-0.39, 0.29) is 12.4 Å². The van der Waals surface area contributed by atoms with Crippen LogP contribution in [0.5, 0.6) is 0 Å². The number of nitrogens with one attached hydrogen (secondary N) is 1. The van der Waals surface area contributed by atoms with E-state index in [2.05, 4.69) is 31.1 Å². The van der Waals surface area contributed by atoms with Crippen LogP contribution in [0, 0.1) is 0 Å². The van der Waals surface area contributed by atoms with Crippen LogP contribution in [0.25, 0.3) is 11.5 Å². The van der Waals surface area contributed by atoms with Crippen molar-refractivity contribution in [2.75, 3.05) is 6.54 Å². The van der Waals surface area contributed by atoms with E-state index in [4.69, 9.17) is 10.3 Å². The molecule has 15 heavy (non-hydrogen) atoms. The van der Waals surface area contributed by atoms with Crippen LogP contribution >= 0.6 is 28.3 Å². The summed E-state index contributed by atoms with van der Waals surface area (Å²) in [5.41, 5.74) is 6.25. The molecule has 2 aromatic heterocycles. The molecule has 0 unspecified atom stereocenters. The van der Waals surface area contributed by atoms with Gasteiger partial charge in [0.1, 0.15) is 0 Å². The van der Waals surface area contributed by atoms with Gasteiger partial charge >= 0.3 is 0 Å². The predicted molar refractivity (Wildman–Crippen MR) is 61.8 cm³/mol. The molecule has 0 saturated carbocycles. The minimum absolute atomic E-state index is 0. The summed E-state index contributed by atoms with van der Waals surface area (Å²) in [4.78, 5) is 7.16. The van der Waals surface area contributed by atoms with Crippen LogP contribution in [0.15, 0.2) is 21.4 Å². The Morgan fingerprint density at radius 1 is 1.53 bits per heavy atom. The summed E-state index contributed by atoms with van der Waals surface area (Å²) < 4.78 is 5.94. The minimum Gasteiger partial charge on any atom is -0.355 e. The van der Waals surface area contributed by atoms with Crippen molar-refractivity contribution in [1.82, 2.24) is 15.1 Å². The fourth-order valence-electron chi connectivity index (χ4n) is 1.09. The van der Waals surface area contributed by atoms with Gasteiger partial charge in [0.2, 0.25) is 0 Å². The molecule has 0 spiro atoms. The Bertz CT molecular complexity index is 428. The molecule has 7 heteroatoms. The number of hydrogen-bond donors (Lipinski definition) is 2. The van der Waals surface area contributed by atoms with Crippen molar-refractivity contribution in [2.45, 2.75) is 6.42 Å². The standard InChI is InChI=1S/C8H9BrN4O.ClH/c9-6-3-5(4-11-6)8-12-7(1-2-10)13-14-8;/h3-4,11H,1-2,10H2;1H. The van der Waals surface area contributed by atoms with Gasteiger partial charge in [0, 0.05) is 12.6 Å². The summed E-state index contributed by atoms with van der Waals surface area (Å²) in [6.45, 7) is 0.524. The van der Waals surface area contributed by atoms with E-state index in [0.717, 1.165) is 10.2 Å². The fraction of sp³-hybridized carbons (Fsp3) is 0.250. The largest absolute Gasteiger partial charge is 0.355 e. The number of nitrogens with two attached hydrogens (primary N) is 1. The number of H-pyrrole nitrogens is 1. The van der Waals surface area contributed by atoms with E-state index in [9.17, 15) is 0 Å². The van der Waals surface area contributed by atoms with Crippen molar-refractivity contribution in [1.29, 1.82) is 0 Å². The van der Waals surface area contributed by atoms with Crippen LogP contribution in [0.3, 0.4) is 0 Å². The third-order valence-electron chi connectivity index (χ3n) is 1.73. The van der Waals surface area contributed by atoms with E-state index >= 15 is 0 Å². The number of aromatic nitrogens is 3. The first-order chi connectivity index (χ1) is 6.79. The molecule has 0 saturated heterocycles. The lowest BCUT2D eigenvalue weighted by molar-refractivity contribution is 0.422. The van der Waals surface area contributed by atoms with Gasteiger partial charge in [-0.1, -0.05) is 5.16 Å². The second kappa shape index (κ2) is 5.29. The average molecular weight is 294 g/mol. The smallest absolute Gasteiger partial charge is 0.259 e. The molecule has 2 aromatic rings. The van der Waals surface area contributed by atoms with Gasteiger partial charge in [0.25, 0.3) is 5.89 Å². The maximum Gasteiger partial charge on any atom is 0.259 e. The quantitative estimate of drug-likeness (QED) is 0.903. The highest BCUT2D eigenvalue weighted by Crippen LogP contribution is 2.20. The maximum atomic E-state index is 5.38. The van der Waals surface area contributed by atoms with E-state index < -0.39 is 0 Å². The SMILES string of the molecule is Cl.NCCc1noc(-c2c[nH]c(Br)c2)n1. The van der Waals surface area contributed by atoms with E-state index in [0.29, 0.717) is 24.7 Å². The molecule has 0 bridgehead atoms. The Morgan fingerprint density at radius 2 is 2.33 bits per heavy atom. The molecule has 2 rings (SSSR count). The summed E-state index contributed by atoms with van der Waals surface area (Å²) in [5, 5.41) is 3.80. The minimum atomic E-state index is 0. The van der Waals surface area contributed by atoms with Gasteiger partial charge in [-0.05, 0) is 28.5 Å². The monoisotopic (exact) mass is 292 g/mol. The molecule has 0 aromatic carbocycles. The zero-order valence-electron chi connectivity index (χ0n) is 7.74. The first kappa shape index (κ1) is 12.2. The molecule has 2 heterocycles. The van der Waals surface area contributed by atoms with Crippen molar-refractivity contribution >= 4 is 28.3 Å². The van der Waals surface area contributed by atoms with Crippen LogP contribution in [0.1, 0.15) is 5.82 Å². The van der Waals surface area contributed by atoms with Gasteiger partial charge in [-0.15, -0.1) is 12.4 Å². The summed E-state index contributed by atoms with van der Waals surface area (Å²) in [6, 6.07) is 1.87. The predicted octanol–water partition coefficient (Wildman–Crippen LogP) is 1.75. The normalized spacial score (nSPS) is 10.0. The number of halogens is 2. The molecule has 0 radical (unpaired) electrons. The molecule has 82 valence electrons. The highest BCUT2D eigenvalue weighted by Gasteiger charge is 2.09. The second-order valence-electron chi connectivity index (χ2n) is 2.79. The number of hydrogen-bond acceptors (Lipinski definition) is 4. The van der Waals surface area contributed by atoms with Crippen molar-refractivity contribution in [3.63, 3.8) is 0 Å². The maximum absolute atomic E-state index is 5.38. The van der Waals surface area contributed by atoms with Crippen LogP contribution in [-0.2, 0) is 6.42 Å². The van der Waals surface area contributed by atoms with Crippen LogP contribution in [-0.4, -0.2) is 21.7 Å². The van der Waals surface area contributed by atoms with E-state index in [1.165, 1.54) is 0 Å². The molecule has 0 amide bonds. The topological polar surface area (TPSA) is 80.7 Å². The second-order valence-corrected chi connectivity index (χ2v) is 3.65. The molecule has 0 aliphatic heterocycles. The average Bonchev–Trinajstić information content (AvgIpc) is 2.74. The molecular weight excluding hydrogens is 283 g/mol. The Labute approximate surface area is 101 Å². The molecule has 0 atom stereocenters. The summed E-state index contributed by atoms with van der Waals surface area (Å²) in [7, 11) is 0. The Hall–Kier alpha value is -0.850. The molecule has 3 N–H and O–H groups in total. The van der Waals surface area contributed by atoms with Gasteiger partial charge in [0.15, 0.2) is 5.82 Å².